The number of halogens is 1. The third-order valence-electron chi connectivity index (χ3n) is 2.20. The molecule has 0 atom stereocenters. The highest BCUT2D eigenvalue weighted by molar-refractivity contribution is 6.28. The van der Waals surface area contributed by atoms with Crippen LogP contribution in [-0.4, -0.2) is 28.5 Å². The van der Waals surface area contributed by atoms with Gasteiger partial charge in [-0.25, -0.2) is 0 Å². The molecular weight excluding hydrogens is 190 g/mol. The Morgan fingerprint density at radius 2 is 2.31 bits per heavy atom. The van der Waals surface area contributed by atoms with Crippen LogP contribution in [0.15, 0.2) is 0 Å². The van der Waals surface area contributed by atoms with Crippen LogP contribution in [0.5, 0.6) is 0 Å². The molecule has 0 N–H and O–H groups in total. The van der Waals surface area contributed by atoms with Crippen LogP contribution in [-0.2, 0) is 11.3 Å². The first-order valence-electron chi connectivity index (χ1n) is 4.40. The number of nitrogens with zero attached hydrogens (tertiary/aromatic N) is 3. The second kappa shape index (κ2) is 3.64. The fraction of sp³-hybridized carbons (Fsp3) is 0.750. The highest BCUT2D eigenvalue weighted by atomic mass is 35.5. The number of methoxy groups -OCH3 is 1. The van der Waals surface area contributed by atoms with Gasteiger partial charge in [-0.05, 0) is 24.4 Å². The first-order valence-corrected chi connectivity index (χ1v) is 4.78. The van der Waals surface area contributed by atoms with Gasteiger partial charge in [-0.15, -0.1) is 10.2 Å². The van der Waals surface area contributed by atoms with Crippen molar-refractivity contribution < 1.29 is 4.74 Å². The van der Waals surface area contributed by atoms with Crippen LogP contribution in [0, 0.1) is 0 Å². The zero-order valence-electron chi connectivity index (χ0n) is 7.53. The van der Waals surface area contributed by atoms with Crippen LogP contribution in [0.4, 0.5) is 0 Å². The molecule has 0 amide bonds. The molecule has 0 aromatic carbocycles. The van der Waals surface area contributed by atoms with E-state index < -0.39 is 0 Å². The van der Waals surface area contributed by atoms with E-state index in [1.165, 1.54) is 12.8 Å². The van der Waals surface area contributed by atoms with Gasteiger partial charge in [-0.2, -0.15) is 0 Å². The van der Waals surface area contributed by atoms with E-state index in [4.69, 9.17) is 16.3 Å². The summed E-state index contributed by atoms with van der Waals surface area (Å²) >= 11 is 5.89. The molecular formula is C8H12ClN3O. The molecule has 1 aromatic heterocycles. The molecule has 1 aliphatic rings. The van der Waals surface area contributed by atoms with Gasteiger partial charge in [0.2, 0.25) is 5.28 Å². The lowest BCUT2D eigenvalue weighted by Crippen LogP contribution is -2.07. The summed E-state index contributed by atoms with van der Waals surface area (Å²) in [5.41, 5.74) is 0. The average Bonchev–Trinajstić information content (AvgIpc) is 2.89. The summed E-state index contributed by atoms with van der Waals surface area (Å²) in [4.78, 5) is 0. The van der Waals surface area contributed by atoms with E-state index in [1.54, 1.807) is 7.11 Å². The van der Waals surface area contributed by atoms with Crippen molar-refractivity contribution in [3.63, 3.8) is 0 Å². The van der Waals surface area contributed by atoms with Crippen molar-refractivity contribution in [1.29, 1.82) is 0 Å². The topological polar surface area (TPSA) is 39.9 Å². The minimum atomic E-state index is 0.471. The van der Waals surface area contributed by atoms with Gasteiger partial charge in [0, 0.05) is 13.0 Å². The minimum Gasteiger partial charge on any atom is -0.383 e. The monoisotopic (exact) mass is 201 g/mol. The Balaban J connectivity index is 2.14. The molecule has 1 heterocycles. The Labute approximate surface area is 81.9 Å². The summed E-state index contributed by atoms with van der Waals surface area (Å²) in [5.74, 6) is 1.60. The van der Waals surface area contributed by atoms with E-state index in [0.29, 0.717) is 17.8 Å². The average molecular weight is 202 g/mol. The lowest BCUT2D eigenvalue weighted by Gasteiger charge is -2.05. The molecule has 5 heteroatoms. The van der Waals surface area contributed by atoms with Gasteiger partial charge in [-0.1, -0.05) is 0 Å². The molecule has 4 nitrogen and oxygen atoms in total. The Hall–Kier alpha value is -0.610. The van der Waals surface area contributed by atoms with Crippen molar-refractivity contribution in [3.05, 3.63) is 11.1 Å². The SMILES string of the molecule is COCCn1c(Cl)nnc1C1CC1. The van der Waals surface area contributed by atoms with Gasteiger partial charge < -0.3 is 4.74 Å². The van der Waals surface area contributed by atoms with Crippen LogP contribution in [0.2, 0.25) is 5.28 Å². The van der Waals surface area contributed by atoms with Gasteiger partial charge in [0.05, 0.1) is 13.2 Å². The summed E-state index contributed by atoms with van der Waals surface area (Å²) in [7, 11) is 1.68. The number of aromatic nitrogens is 3. The molecule has 1 aromatic rings. The number of hydrogen-bond acceptors (Lipinski definition) is 3. The van der Waals surface area contributed by atoms with Crippen molar-refractivity contribution in [1.82, 2.24) is 14.8 Å². The highest BCUT2D eigenvalue weighted by Crippen LogP contribution is 2.39. The van der Waals surface area contributed by atoms with Crippen molar-refractivity contribution >= 4 is 11.6 Å². The maximum absolute atomic E-state index is 5.89. The Morgan fingerprint density at radius 3 is 2.92 bits per heavy atom. The first-order chi connectivity index (χ1) is 6.33. The molecule has 1 fully saturated rings. The van der Waals surface area contributed by atoms with Crippen LogP contribution < -0.4 is 0 Å². The fourth-order valence-corrected chi connectivity index (χ4v) is 1.54. The molecule has 72 valence electrons. The Bertz CT molecular complexity index is 296. The first kappa shape index (κ1) is 8.97. The zero-order valence-corrected chi connectivity index (χ0v) is 8.29. The Kier molecular flexibility index (Phi) is 2.51. The standard InChI is InChI=1S/C8H12ClN3O/c1-13-5-4-12-7(6-2-3-6)10-11-8(12)9/h6H,2-5H2,1H3. The molecule has 0 spiro atoms. The summed E-state index contributed by atoms with van der Waals surface area (Å²) < 4.78 is 6.92. The molecule has 0 bridgehead atoms. The summed E-state index contributed by atoms with van der Waals surface area (Å²) in [6, 6.07) is 0. The van der Waals surface area contributed by atoms with E-state index in [2.05, 4.69) is 10.2 Å². The van der Waals surface area contributed by atoms with Gasteiger partial charge >= 0.3 is 0 Å². The number of ether oxygens (including phenoxy) is 1. The van der Waals surface area contributed by atoms with Gasteiger partial charge in [0.1, 0.15) is 5.82 Å². The lowest BCUT2D eigenvalue weighted by molar-refractivity contribution is 0.186. The summed E-state index contributed by atoms with van der Waals surface area (Å²) in [5, 5.41) is 8.38. The molecule has 0 saturated heterocycles. The molecule has 1 aliphatic carbocycles. The highest BCUT2D eigenvalue weighted by Gasteiger charge is 2.29. The largest absolute Gasteiger partial charge is 0.383 e. The predicted octanol–water partition coefficient (Wildman–Crippen LogP) is 1.46. The number of hydrogen-bond donors (Lipinski definition) is 0. The maximum atomic E-state index is 5.89. The Morgan fingerprint density at radius 1 is 1.54 bits per heavy atom. The smallest absolute Gasteiger partial charge is 0.225 e. The molecule has 13 heavy (non-hydrogen) atoms. The second-order valence-corrected chi connectivity index (χ2v) is 3.58. The van der Waals surface area contributed by atoms with Crippen molar-refractivity contribution in [2.24, 2.45) is 0 Å². The molecule has 1 saturated carbocycles. The van der Waals surface area contributed by atoms with Gasteiger partial charge in [-0.3, -0.25) is 4.57 Å². The van der Waals surface area contributed by atoms with Gasteiger partial charge in [0.15, 0.2) is 0 Å². The van der Waals surface area contributed by atoms with Crippen LogP contribution in [0.1, 0.15) is 24.6 Å². The third kappa shape index (κ3) is 1.84. The van der Waals surface area contributed by atoms with Crippen molar-refractivity contribution in [3.8, 4) is 0 Å². The van der Waals surface area contributed by atoms with Crippen molar-refractivity contribution in [2.45, 2.75) is 25.3 Å². The summed E-state index contributed by atoms with van der Waals surface area (Å²) in [6.07, 6.45) is 2.42. The van der Waals surface area contributed by atoms with Crippen LogP contribution in [0.3, 0.4) is 0 Å². The van der Waals surface area contributed by atoms with E-state index in [-0.39, 0.29) is 0 Å². The van der Waals surface area contributed by atoms with E-state index in [0.717, 1.165) is 12.4 Å². The zero-order chi connectivity index (χ0) is 9.26. The fourth-order valence-electron chi connectivity index (χ4n) is 1.33. The maximum Gasteiger partial charge on any atom is 0.225 e. The third-order valence-corrected chi connectivity index (χ3v) is 2.48. The summed E-state index contributed by atoms with van der Waals surface area (Å²) in [6.45, 7) is 1.39. The van der Waals surface area contributed by atoms with E-state index in [1.807, 2.05) is 4.57 Å². The molecule has 2 rings (SSSR count). The number of rotatable bonds is 4. The van der Waals surface area contributed by atoms with Crippen LogP contribution >= 0.6 is 11.6 Å². The minimum absolute atomic E-state index is 0.471. The van der Waals surface area contributed by atoms with Crippen LogP contribution in [0.25, 0.3) is 0 Å². The van der Waals surface area contributed by atoms with E-state index >= 15 is 0 Å². The molecule has 0 radical (unpaired) electrons. The predicted molar refractivity (Wildman–Crippen MR) is 48.9 cm³/mol. The molecule has 0 aliphatic heterocycles. The second-order valence-electron chi connectivity index (χ2n) is 3.25. The lowest BCUT2D eigenvalue weighted by atomic mass is 10.4. The van der Waals surface area contributed by atoms with Gasteiger partial charge in [0.25, 0.3) is 0 Å². The van der Waals surface area contributed by atoms with E-state index in [9.17, 15) is 0 Å². The normalized spacial score (nSPS) is 16.5. The van der Waals surface area contributed by atoms with Crippen molar-refractivity contribution in [2.75, 3.05) is 13.7 Å². The quantitative estimate of drug-likeness (QED) is 0.741. The molecule has 0 unspecified atom stereocenters.